The number of carbonyl (C=O) groups excluding carboxylic acids is 1. The molecular formula is C20H18BrClN2O3. The number of carbonyl (C=O) groups is 1. The van der Waals surface area contributed by atoms with Gasteiger partial charge in [-0.2, -0.15) is 5.26 Å². The molecule has 0 radical (unpaired) electrons. The number of para-hydroxylation sites is 1. The van der Waals surface area contributed by atoms with Crippen molar-refractivity contribution in [2.24, 2.45) is 0 Å². The lowest BCUT2D eigenvalue weighted by atomic mass is 10.1. The summed E-state index contributed by atoms with van der Waals surface area (Å²) >= 11 is 9.49. The van der Waals surface area contributed by atoms with Gasteiger partial charge in [0.2, 0.25) is 0 Å². The second kappa shape index (κ2) is 9.45. The Bertz CT molecular complexity index is 920. The molecule has 0 aliphatic rings. The number of nitrogens with one attached hydrogen (secondary N) is 1. The highest BCUT2D eigenvalue weighted by Crippen LogP contribution is 2.38. The van der Waals surface area contributed by atoms with Crippen LogP contribution in [0.4, 0.5) is 5.69 Å². The van der Waals surface area contributed by atoms with Gasteiger partial charge in [-0.1, -0.05) is 23.7 Å². The van der Waals surface area contributed by atoms with E-state index in [-0.39, 0.29) is 11.7 Å². The largest absolute Gasteiger partial charge is 0.493 e. The molecule has 1 amide bonds. The van der Waals surface area contributed by atoms with E-state index >= 15 is 0 Å². The molecule has 27 heavy (non-hydrogen) atoms. The van der Waals surface area contributed by atoms with Crippen LogP contribution in [0.1, 0.15) is 19.4 Å². The predicted molar refractivity (Wildman–Crippen MR) is 110 cm³/mol. The van der Waals surface area contributed by atoms with Gasteiger partial charge in [0.25, 0.3) is 5.91 Å². The molecule has 0 atom stereocenters. The van der Waals surface area contributed by atoms with Crippen LogP contribution in [-0.2, 0) is 4.79 Å². The van der Waals surface area contributed by atoms with E-state index in [2.05, 4.69) is 21.2 Å². The van der Waals surface area contributed by atoms with Crippen LogP contribution in [0.5, 0.6) is 11.5 Å². The van der Waals surface area contributed by atoms with Crippen molar-refractivity contribution in [2.75, 3.05) is 12.4 Å². The minimum atomic E-state index is -0.553. The van der Waals surface area contributed by atoms with E-state index < -0.39 is 5.91 Å². The molecule has 2 aromatic carbocycles. The van der Waals surface area contributed by atoms with Crippen molar-refractivity contribution in [3.63, 3.8) is 0 Å². The normalized spacial score (nSPS) is 11.1. The number of nitriles is 1. The van der Waals surface area contributed by atoms with Crippen LogP contribution >= 0.6 is 27.5 Å². The number of halogens is 2. The summed E-state index contributed by atoms with van der Waals surface area (Å²) < 4.78 is 11.8. The average Bonchev–Trinajstić information content (AvgIpc) is 2.63. The molecule has 2 rings (SSSR count). The van der Waals surface area contributed by atoms with Gasteiger partial charge in [0.15, 0.2) is 11.5 Å². The Morgan fingerprint density at radius 2 is 2.04 bits per heavy atom. The average molecular weight is 450 g/mol. The maximum atomic E-state index is 12.4. The Kier molecular flexibility index (Phi) is 7.28. The minimum absolute atomic E-state index is 0.0346. The van der Waals surface area contributed by atoms with Gasteiger partial charge in [0, 0.05) is 0 Å². The Morgan fingerprint density at radius 3 is 2.63 bits per heavy atom. The number of methoxy groups -OCH3 is 1. The van der Waals surface area contributed by atoms with E-state index in [1.54, 1.807) is 36.4 Å². The predicted octanol–water partition coefficient (Wildman–Crippen LogP) is 5.44. The fourth-order valence-electron chi connectivity index (χ4n) is 2.24. The van der Waals surface area contributed by atoms with Crippen molar-refractivity contribution in [1.29, 1.82) is 5.26 Å². The van der Waals surface area contributed by atoms with Gasteiger partial charge in [0.1, 0.15) is 11.6 Å². The first-order chi connectivity index (χ1) is 12.8. The Labute approximate surface area is 171 Å². The van der Waals surface area contributed by atoms with Crippen molar-refractivity contribution < 1.29 is 14.3 Å². The van der Waals surface area contributed by atoms with Crippen LogP contribution in [0.15, 0.2) is 46.4 Å². The molecular weight excluding hydrogens is 432 g/mol. The van der Waals surface area contributed by atoms with Crippen LogP contribution in [0.25, 0.3) is 6.08 Å². The third kappa shape index (κ3) is 5.49. The van der Waals surface area contributed by atoms with E-state index in [1.165, 1.54) is 13.2 Å². The number of hydrogen-bond acceptors (Lipinski definition) is 4. The highest BCUT2D eigenvalue weighted by molar-refractivity contribution is 9.10. The number of benzene rings is 2. The molecule has 1 N–H and O–H groups in total. The molecule has 0 saturated heterocycles. The van der Waals surface area contributed by atoms with Crippen molar-refractivity contribution in [3.05, 3.63) is 57.0 Å². The minimum Gasteiger partial charge on any atom is -0.493 e. The lowest BCUT2D eigenvalue weighted by molar-refractivity contribution is -0.112. The molecule has 0 heterocycles. The fourth-order valence-corrected chi connectivity index (χ4v) is 2.98. The topological polar surface area (TPSA) is 71.3 Å². The molecule has 2 aromatic rings. The molecule has 0 fully saturated rings. The van der Waals surface area contributed by atoms with Crippen LogP contribution in [0.3, 0.4) is 0 Å². The second-order valence-corrected chi connectivity index (χ2v) is 7.07. The summed E-state index contributed by atoms with van der Waals surface area (Å²) in [6, 6.07) is 12.2. The van der Waals surface area contributed by atoms with Gasteiger partial charge in [-0.05, 0) is 65.7 Å². The molecule has 7 heteroatoms. The summed E-state index contributed by atoms with van der Waals surface area (Å²) in [5, 5.41) is 12.4. The lowest BCUT2D eigenvalue weighted by Gasteiger charge is -2.16. The molecule has 0 aliphatic heterocycles. The number of hydrogen-bond donors (Lipinski definition) is 1. The third-order valence-electron chi connectivity index (χ3n) is 3.40. The fraction of sp³-hybridized carbons (Fsp3) is 0.200. The Hall–Kier alpha value is -2.49. The molecule has 5 nitrogen and oxygen atoms in total. The SMILES string of the molecule is COc1cc(/C=C(\C#N)C(=O)Nc2ccccc2Cl)cc(Br)c1OC(C)C. The van der Waals surface area contributed by atoms with Crippen LogP contribution in [-0.4, -0.2) is 19.1 Å². The first-order valence-corrected chi connectivity index (χ1v) is 9.24. The zero-order valence-electron chi connectivity index (χ0n) is 15.0. The van der Waals surface area contributed by atoms with E-state index in [0.29, 0.717) is 32.2 Å². The summed E-state index contributed by atoms with van der Waals surface area (Å²) in [5.74, 6) is 0.500. The monoisotopic (exact) mass is 448 g/mol. The van der Waals surface area contributed by atoms with Crippen molar-refractivity contribution >= 4 is 45.2 Å². The zero-order chi connectivity index (χ0) is 20.0. The summed E-state index contributed by atoms with van der Waals surface area (Å²) in [5.41, 5.74) is 0.979. The van der Waals surface area contributed by atoms with Gasteiger partial charge < -0.3 is 14.8 Å². The molecule has 0 bridgehead atoms. The van der Waals surface area contributed by atoms with Gasteiger partial charge in [0.05, 0.1) is 28.4 Å². The standard InChI is InChI=1S/C20H18BrClN2O3/c1-12(2)27-19-15(21)9-13(10-18(19)26-3)8-14(11-23)20(25)24-17-7-5-4-6-16(17)22/h4-10,12H,1-3H3,(H,24,25)/b14-8+. The highest BCUT2D eigenvalue weighted by atomic mass is 79.9. The number of ether oxygens (including phenoxy) is 2. The Morgan fingerprint density at radius 1 is 1.33 bits per heavy atom. The summed E-state index contributed by atoms with van der Waals surface area (Å²) in [7, 11) is 1.53. The molecule has 0 unspecified atom stereocenters. The first kappa shape index (κ1) is 20.8. The highest BCUT2D eigenvalue weighted by Gasteiger charge is 2.15. The summed E-state index contributed by atoms with van der Waals surface area (Å²) in [4.78, 5) is 12.4. The summed E-state index contributed by atoms with van der Waals surface area (Å²) in [6.07, 6.45) is 1.44. The van der Waals surface area contributed by atoms with E-state index in [9.17, 15) is 10.1 Å². The van der Waals surface area contributed by atoms with Crippen molar-refractivity contribution in [3.8, 4) is 17.6 Å². The van der Waals surface area contributed by atoms with Crippen molar-refractivity contribution in [2.45, 2.75) is 20.0 Å². The van der Waals surface area contributed by atoms with Crippen LogP contribution in [0, 0.1) is 11.3 Å². The molecule has 0 spiro atoms. The lowest BCUT2D eigenvalue weighted by Crippen LogP contribution is -2.13. The summed E-state index contributed by atoms with van der Waals surface area (Å²) in [6.45, 7) is 3.82. The zero-order valence-corrected chi connectivity index (χ0v) is 17.4. The van der Waals surface area contributed by atoms with E-state index in [0.717, 1.165) is 0 Å². The maximum Gasteiger partial charge on any atom is 0.266 e. The van der Waals surface area contributed by atoms with Crippen LogP contribution < -0.4 is 14.8 Å². The van der Waals surface area contributed by atoms with E-state index in [4.69, 9.17) is 21.1 Å². The van der Waals surface area contributed by atoms with E-state index in [1.807, 2.05) is 19.9 Å². The first-order valence-electron chi connectivity index (χ1n) is 8.07. The number of amides is 1. The van der Waals surface area contributed by atoms with Gasteiger partial charge in [-0.15, -0.1) is 0 Å². The molecule has 0 aromatic heterocycles. The molecule has 140 valence electrons. The maximum absolute atomic E-state index is 12.4. The van der Waals surface area contributed by atoms with Gasteiger partial charge in [-0.3, -0.25) is 4.79 Å². The number of nitrogens with zero attached hydrogens (tertiary/aromatic N) is 1. The third-order valence-corrected chi connectivity index (χ3v) is 4.32. The van der Waals surface area contributed by atoms with Gasteiger partial charge >= 0.3 is 0 Å². The van der Waals surface area contributed by atoms with Crippen molar-refractivity contribution in [1.82, 2.24) is 0 Å². The number of anilines is 1. The smallest absolute Gasteiger partial charge is 0.266 e. The quantitative estimate of drug-likeness (QED) is 0.470. The second-order valence-electron chi connectivity index (χ2n) is 5.80. The number of rotatable bonds is 6. The molecule has 0 saturated carbocycles. The Balaban J connectivity index is 2.34. The molecule has 0 aliphatic carbocycles. The van der Waals surface area contributed by atoms with Gasteiger partial charge in [-0.25, -0.2) is 0 Å². The van der Waals surface area contributed by atoms with Crippen LogP contribution in [0.2, 0.25) is 5.02 Å².